The van der Waals surface area contributed by atoms with E-state index in [-0.39, 0.29) is 31.8 Å². The minimum absolute atomic E-state index is 0.00439. The Morgan fingerprint density at radius 3 is 1.93 bits per heavy atom. The highest BCUT2D eigenvalue weighted by molar-refractivity contribution is 7.87. The Morgan fingerprint density at radius 2 is 1.31 bits per heavy atom. The minimum atomic E-state index is -5.14. The highest BCUT2D eigenvalue weighted by atomic mass is 35.5. The molecule has 3 aromatic carbocycles. The van der Waals surface area contributed by atoms with Crippen LogP contribution in [-0.2, 0) is 14.9 Å². The summed E-state index contributed by atoms with van der Waals surface area (Å²) >= 11 is 25.0. The largest absolute Gasteiger partial charge is 0.508 e. The first kappa shape index (κ1) is 22.0. The molecule has 0 radical (unpaired) electrons. The summed E-state index contributed by atoms with van der Waals surface area (Å²) in [6, 6.07) is 11.9. The van der Waals surface area contributed by atoms with Gasteiger partial charge in [0, 0.05) is 27.8 Å². The van der Waals surface area contributed by atoms with Gasteiger partial charge < -0.3 is 10.2 Å². The molecule has 0 aromatic heterocycles. The van der Waals surface area contributed by atoms with Crippen LogP contribution in [0.2, 0.25) is 20.1 Å². The molecule has 0 spiro atoms. The van der Waals surface area contributed by atoms with Gasteiger partial charge in [0.25, 0.3) is 10.1 Å². The monoisotopic (exact) mass is 492 g/mol. The zero-order valence-corrected chi connectivity index (χ0v) is 18.1. The van der Waals surface area contributed by atoms with Crippen molar-refractivity contribution in [2.75, 3.05) is 0 Å². The molecule has 3 aromatic rings. The van der Waals surface area contributed by atoms with Crippen molar-refractivity contribution in [1.82, 2.24) is 0 Å². The Morgan fingerprint density at radius 1 is 0.724 bits per heavy atom. The summed E-state index contributed by atoms with van der Waals surface area (Å²) < 4.78 is 34.0. The second-order valence-electron chi connectivity index (χ2n) is 6.06. The summed E-state index contributed by atoms with van der Waals surface area (Å²) in [5.41, 5.74) is -0.647. The van der Waals surface area contributed by atoms with E-state index in [2.05, 4.69) is 0 Å². The molecule has 0 heterocycles. The van der Waals surface area contributed by atoms with Crippen molar-refractivity contribution in [3.05, 3.63) is 91.4 Å². The quantitative estimate of drug-likeness (QED) is 0.311. The van der Waals surface area contributed by atoms with Crippen LogP contribution >= 0.6 is 46.4 Å². The number of halogens is 4. The van der Waals surface area contributed by atoms with Crippen molar-refractivity contribution in [1.29, 1.82) is 0 Å². The average molecular weight is 494 g/mol. The topological polar surface area (TPSA) is 94.8 Å². The highest BCUT2D eigenvalue weighted by Gasteiger charge is 2.52. The van der Waals surface area contributed by atoms with Crippen LogP contribution in [0, 0.1) is 0 Å². The van der Waals surface area contributed by atoms with Crippen molar-refractivity contribution in [2.45, 2.75) is 4.75 Å². The lowest BCUT2D eigenvalue weighted by atomic mass is 9.83. The van der Waals surface area contributed by atoms with Gasteiger partial charge in [-0.1, -0.05) is 76.7 Å². The maximum atomic E-state index is 13.0. The van der Waals surface area contributed by atoms with Crippen molar-refractivity contribution in [3.63, 3.8) is 0 Å². The highest BCUT2D eigenvalue weighted by Crippen LogP contribution is 2.53. The third-order valence-electron chi connectivity index (χ3n) is 4.39. The first-order valence-electron chi connectivity index (χ1n) is 7.90. The molecule has 0 fully saturated rings. The van der Waals surface area contributed by atoms with Gasteiger partial charge in [0.2, 0.25) is 0 Å². The molecule has 0 bridgehead atoms. The molecule has 0 aliphatic rings. The maximum Gasteiger partial charge on any atom is 0.283 e. The van der Waals surface area contributed by atoms with Crippen molar-refractivity contribution in [3.8, 4) is 11.5 Å². The second kappa shape index (κ2) is 7.87. The van der Waals surface area contributed by atoms with E-state index < -0.39 is 31.4 Å². The first-order chi connectivity index (χ1) is 13.5. The molecule has 0 aliphatic heterocycles. The average Bonchev–Trinajstić information content (AvgIpc) is 2.63. The van der Waals surface area contributed by atoms with Gasteiger partial charge >= 0.3 is 0 Å². The van der Waals surface area contributed by atoms with Crippen molar-refractivity contribution < 1.29 is 23.2 Å². The molecule has 0 saturated heterocycles. The lowest BCUT2D eigenvalue weighted by molar-refractivity contribution is 0.444. The molecule has 29 heavy (non-hydrogen) atoms. The number of rotatable bonds is 4. The lowest BCUT2D eigenvalue weighted by Crippen LogP contribution is -2.39. The summed E-state index contributed by atoms with van der Waals surface area (Å²) in [4.78, 5) is 0. The van der Waals surface area contributed by atoms with E-state index in [1.54, 1.807) is 6.07 Å². The third-order valence-corrected chi connectivity index (χ3v) is 7.37. The molecule has 1 unspecified atom stereocenters. The first-order valence-corrected chi connectivity index (χ1v) is 10.9. The molecular formula is C19H12Cl4O5S. The van der Waals surface area contributed by atoms with Crippen LogP contribution in [0.15, 0.2) is 54.6 Å². The van der Waals surface area contributed by atoms with E-state index in [1.807, 2.05) is 0 Å². The van der Waals surface area contributed by atoms with Crippen LogP contribution in [0.3, 0.4) is 0 Å². The normalized spacial score (nSPS) is 13.8. The predicted molar refractivity (Wildman–Crippen MR) is 114 cm³/mol. The number of hydrogen-bond acceptors (Lipinski definition) is 4. The molecular weight excluding hydrogens is 482 g/mol. The molecule has 0 amide bonds. The van der Waals surface area contributed by atoms with Crippen LogP contribution in [-0.4, -0.2) is 23.2 Å². The summed E-state index contributed by atoms with van der Waals surface area (Å²) in [5.74, 6) is -1.11. The Hall–Kier alpha value is -1.67. The molecule has 1 atom stereocenters. The van der Waals surface area contributed by atoms with Crippen LogP contribution in [0.5, 0.6) is 11.5 Å². The van der Waals surface area contributed by atoms with E-state index in [9.17, 15) is 23.2 Å². The molecule has 5 nitrogen and oxygen atoms in total. The van der Waals surface area contributed by atoms with Gasteiger partial charge in [0.05, 0.1) is 15.1 Å². The molecule has 0 saturated carbocycles. The fourth-order valence-corrected chi connectivity index (χ4v) is 5.71. The Balaban J connectivity index is 2.68. The van der Waals surface area contributed by atoms with Gasteiger partial charge in [-0.15, -0.1) is 0 Å². The summed E-state index contributed by atoms with van der Waals surface area (Å²) in [7, 11) is -5.14. The van der Waals surface area contributed by atoms with Crippen molar-refractivity contribution >= 4 is 56.5 Å². The van der Waals surface area contributed by atoms with Gasteiger partial charge in [0.15, 0.2) is 4.75 Å². The number of hydrogen-bond donors (Lipinski definition) is 3. The Labute approximate surface area is 186 Å². The van der Waals surface area contributed by atoms with E-state index >= 15 is 0 Å². The zero-order valence-electron chi connectivity index (χ0n) is 14.3. The number of benzene rings is 3. The standard InChI is InChI=1S/C19H12Cl4O5S/c20-14-6-2-1-4-11(14)19(29(26,27)28,12-5-3-7-15(21)17(12)22)13-8-10(24)9-16(25)18(13)23/h1-9,24-25H,(H,26,27,28). The van der Waals surface area contributed by atoms with E-state index in [0.717, 1.165) is 12.1 Å². The Bertz CT molecular complexity index is 1210. The molecule has 10 heteroatoms. The lowest BCUT2D eigenvalue weighted by Gasteiger charge is -2.34. The van der Waals surface area contributed by atoms with E-state index in [1.165, 1.54) is 36.4 Å². The van der Waals surface area contributed by atoms with Crippen molar-refractivity contribution in [2.24, 2.45) is 0 Å². The van der Waals surface area contributed by atoms with Crippen LogP contribution in [0.1, 0.15) is 16.7 Å². The molecule has 3 N–H and O–H groups in total. The Kier molecular flexibility index (Phi) is 5.98. The van der Waals surface area contributed by atoms with Crippen LogP contribution < -0.4 is 0 Å². The van der Waals surface area contributed by atoms with Gasteiger partial charge in [-0.2, -0.15) is 8.42 Å². The van der Waals surface area contributed by atoms with Gasteiger partial charge in [-0.05, 0) is 18.2 Å². The number of phenols is 2. The molecule has 0 aliphatic carbocycles. The summed E-state index contributed by atoms with van der Waals surface area (Å²) in [5, 5.41) is 19.5. The van der Waals surface area contributed by atoms with Gasteiger partial charge in [-0.25, -0.2) is 0 Å². The second-order valence-corrected chi connectivity index (χ2v) is 9.20. The van der Waals surface area contributed by atoms with Crippen LogP contribution in [0.4, 0.5) is 0 Å². The predicted octanol–water partition coefficient (Wildman–Crippen LogP) is 5.89. The summed E-state index contributed by atoms with van der Waals surface area (Å²) in [6.07, 6.45) is 0. The van der Waals surface area contributed by atoms with E-state index in [4.69, 9.17) is 46.4 Å². The van der Waals surface area contributed by atoms with Crippen LogP contribution in [0.25, 0.3) is 0 Å². The maximum absolute atomic E-state index is 13.0. The minimum Gasteiger partial charge on any atom is -0.508 e. The third kappa shape index (κ3) is 3.54. The number of aromatic hydroxyl groups is 2. The molecule has 152 valence electrons. The SMILES string of the molecule is O=S(=O)(O)C(c1ccccc1Cl)(c1cc(O)cc(O)c1Cl)c1cccc(Cl)c1Cl. The fourth-order valence-electron chi connectivity index (χ4n) is 3.23. The van der Waals surface area contributed by atoms with E-state index in [0.29, 0.717) is 0 Å². The summed E-state index contributed by atoms with van der Waals surface area (Å²) in [6.45, 7) is 0. The zero-order chi connectivity index (χ0) is 21.6. The number of phenolic OH excluding ortho intramolecular Hbond substituents is 2. The van der Waals surface area contributed by atoms with Gasteiger partial charge in [0.1, 0.15) is 11.5 Å². The fraction of sp³-hybridized carbons (Fsp3) is 0.0526. The van der Waals surface area contributed by atoms with Gasteiger partial charge in [-0.3, -0.25) is 4.55 Å². The molecule has 3 rings (SSSR count). The smallest absolute Gasteiger partial charge is 0.283 e.